The molecule has 0 fully saturated rings. The maximum absolute atomic E-state index is 11.1. The van der Waals surface area contributed by atoms with E-state index in [4.69, 9.17) is 0 Å². The van der Waals surface area contributed by atoms with E-state index >= 15 is 0 Å². The molecule has 1 unspecified atom stereocenters. The summed E-state index contributed by atoms with van der Waals surface area (Å²) >= 11 is 0. The number of allylic oxidation sites excluding steroid dienone is 2. The van der Waals surface area contributed by atoms with Crippen LogP contribution in [0.1, 0.15) is 26.7 Å². The van der Waals surface area contributed by atoms with Crippen molar-refractivity contribution in [1.82, 2.24) is 0 Å². The van der Waals surface area contributed by atoms with Crippen molar-refractivity contribution < 1.29 is 32.6 Å². The summed E-state index contributed by atoms with van der Waals surface area (Å²) in [6, 6.07) is 9.83. The van der Waals surface area contributed by atoms with Crippen LogP contribution in [0.5, 0.6) is 0 Å². The highest BCUT2D eigenvalue weighted by Crippen LogP contribution is 2.50. The van der Waals surface area contributed by atoms with Gasteiger partial charge < -0.3 is 29.1 Å². The Morgan fingerprint density at radius 1 is 1.08 bits per heavy atom. The molecule has 146 valence electrons. The molecule has 0 heterocycles. The predicted octanol–water partition coefficient (Wildman–Crippen LogP) is 2.10. The molecule has 1 N–H and O–H groups in total. The van der Waals surface area contributed by atoms with Crippen molar-refractivity contribution in [1.29, 1.82) is 0 Å². The van der Waals surface area contributed by atoms with Gasteiger partial charge in [0.1, 0.15) is 0 Å². The number of benzene rings is 1. The second kappa shape index (κ2) is 10.8. The molecule has 0 aliphatic heterocycles. The minimum Gasteiger partial charge on any atom is -0.790 e. The number of phosphoric acid groups is 2. The van der Waals surface area contributed by atoms with E-state index in [2.05, 4.69) is 20.2 Å². The Bertz CT molecular complexity index is 713. The highest BCUT2D eigenvalue weighted by Gasteiger charge is 2.10. The number of para-hydroxylation sites is 1. The van der Waals surface area contributed by atoms with Gasteiger partial charge >= 0.3 is 0 Å². The summed E-state index contributed by atoms with van der Waals surface area (Å²) in [7, 11) is -10.8. The highest BCUT2D eigenvalue weighted by molar-refractivity contribution is 7.58. The molecule has 0 amide bonds. The Labute approximate surface area is 153 Å². The molecule has 0 aromatic heterocycles. The van der Waals surface area contributed by atoms with E-state index in [1.807, 2.05) is 37.3 Å². The van der Waals surface area contributed by atoms with Gasteiger partial charge in [0, 0.05) is 12.2 Å². The molecule has 1 aromatic rings. The van der Waals surface area contributed by atoms with Crippen LogP contribution in [0.2, 0.25) is 0 Å². The maximum Gasteiger partial charge on any atom is 0.272 e. The van der Waals surface area contributed by atoms with Gasteiger partial charge in [-0.15, -0.1) is 0 Å². The van der Waals surface area contributed by atoms with Gasteiger partial charge in [0.25, 0.3) is 7.82 Å². The lowest BCUT2D eigenvalue weighted by atomic mass is 10.1. The predicted molar refractivity (Wildman–Crippen MR) is 93.9 cm³/mol. The molecule has 1 aromatic carbocycles. The van der Waals surface area contributed by atoms with Crippen molar-refractivity contribution in [2.75, 3.05) is 18.5 Å². The molecular formula is C16H22NO7P2-3. The van der Waals surface area contributed by atoms with Crippen molar-refractivity contribution in [3.63, 3.8) is 0 Å². The van der Waals surface area contributed by atoms with E-state index in [0.717, 1.165) is 29.8 Å². The SMILES string of the molecule is C/C(=C\COP(=O)([O-])OP(=O)([O-])[O-])CC/C=C(\C)CNc1ccccc1. The third-order valence-electron chi connectivity index (χ3n) is 3.24. The Morgan fingerprint density at radius 2 is 1.73 bits per heavy atom. The van der Waals surface area contributed by atoms with E-state index in [9.17, 15) is 23.8 Å². The summed E-state index contributed by atoms with van der Waals surface area (Å²) in [5.74, 6) is 0. The molecule has 0 saturated heterocycles. The highest BCUT2D eigenvalue weighted by atomic mass is 31.3. The van der Waals surface area contributed by atoms with Crippen LogP contribution in [0, 0.1) is 0 Å². The van der Waals surface area contributed by atoms with Gasteiger partial charge in [-0.25, -0.2) is 0 Å². The Kier molecular flexibility index (Phi) is 9.47. The Balaban J connectivity index is 2.31. The average molecular weight is 402 g/mol. The summed E-state index contributed by atoms with van der Waals surface area (Å²) in [6.07, 6.45) is 4.99. The normalized spacial score (nSPS) is 15.6. The fourth-order valence-electron chi connectivity index (χ4n) is 1.93. The van der Waals surface area contributed by atoms with E-state index in [0.29, 0.717) is 6.42 Å². The van der Waals surface area contributed by atoms with E-state index in [1.54, 1.807) is 6.92 Å². The first-order chi connectivity index (χ1) is 12.1. The smallest absolute Gasteiger partial charge is 0.272 e. The van der Waals surface area contributed by atoms with Crippen LogP contribution in [0.4, 0.5) is 5.69 Å². The van der Waals surface area contributed by atoms with Gasteiger partial charge in [0.05, 0.1) is 14.4 Å². The molecule has 0 aliphatic carbocycles. The summed E-state index contributed by atoms with van der Waals surface area (Å²) in [6.45, 7) is 4.12. The van der Waals surface area contributed by atoms with Gasteiger partial charge in [-0.05, 0) is 38.8 Å². The largest absolute Gasteiger partial charge is 0.790 e. The summed E-state index contributed by atoms with van der Waals surface area (Å²) in [4.78, 5) is 31.6. The second-order valence-corrected chi connectivity index (χ2v) is 8.33. The lowest BCUT2D eigenvalue weighted by molar-refractivity contribution is -0.339. The number of hydrogen-bond acceptors (Lipinski definition) is 8. The minimum atomic E-state index is -5.64. The Hall–Kier alpha value is -1.24. The topological polar surface area (TPSA) is 134 Å². The standard InChI is InChI=1S/C16H25NO7P2/c1-14(11-12-23-26(21,22)24-25(18,19)20)7-6-8-15(2)13-17-16-9-4-3-5-10-16/h3-5,8-11,17H,6-7,12-13H2,1-2H3,(H,21,22)(H2,18,19,20)/p-3/b14-11+,15-8+. The first-order valence-electron chi connectivity index (χ1n) is 7.86. The lowest BCUT2D eigenvalue weighted by Gasteiger charge is -2.34. The van der Waals surface area contributed by atoms with E-state index < -0.39 is 22.3 Å². The molecule has 1 atom stereocenters. The lowest BCUT2D eigenvalue weighted by Crippen LogP contribution is -2.19. The number of rotatable bonds is 11. The number of anilines is 1. The summed E-state index contributed by atoms with van der Waals surface area (Å²) < 4.78 is 29.0. The first kappa shape index (κ1) is 22.8. The van der Waals surface area contributed by atoms with Crippen molar-refractivity contribution in [3.8, 4) is 0 Å². The average Bonchev–Trinajstić information content (AvgIpc) is 2.51. The molecule has 1 rings (SSSR count). The van der Waals surface area contributed by atoms with Crippen molar-refractivity contribution >= 4 is 21.3 Å². The third-order valence-corrected chi connectivity index (χ3v) is 5.31. The van der Waals surface area contributed by atoms with Gasteiger partial charge in [-0.1, -0.05) is 41.5 Å². The fraction of sp³-hybridized carbons (Fsp3) is 0.375. The van der Waals surface area contributed by atoms with Gasteiger partial charge in [0.15, 0.2) is 0 Å². The summed E-state index contributed by atoms with van der Waals surface area (Å²) in [5.41, 5.74) is 3.06. The Morgan fingerprint density at radius 3 is 2.35 bits per heavy atom. The zero-order valence-electron chi connectivity index (χ0n) is 14.6. The van der Waals surface area contributed by atoms with Crippen LogP contribution >= 0.6 is 15.6 Å². The van der Waals surface area contributed by atoms with Crippen LogP contribution < -0.4 is 20.0 Å². The van der Waals surface area contributed by atoms with Gasteiger partial charge in [0.2, 0.25) is 0 Å². The minimum absolute atomic E-state index is 0.398. The van der Waals surface area contributed by atoms with Crippen LogP contribution in [0.15, 0.2) is 53.6 Å². The zero-order valence-corrected chi connectivity index (χ0v) is 16.4. The molecule has 0 radical (unpaired) electrons. The monoisotopic (exact) mass is 402 g/mol. The van der Waals surface area contributed by atoms with Gasteiger partial charge in [-0.2, -0.15) is 0 Å². The molecule has 0 spiro atoms. The van der Waals surface area contributed by atoms with Crippen LogP contribution in [0.25, 0.3) is 0 Å². The number of hydrogen-bond donors (Lipinski definition) is 1. The molecule has 0 bridgehead atoms. The van der Waals surface area contributed by atoms with Gasteiger partial charge in [-0.3, -0.25) is 8.88 Å². The zero-order chi connectivity index (χ0) is 19.6. The number of phosphoric ester groups is 1. The fourth-order valence-corrected chi connectivity index (χ4v) is 3.36. The molecule has 0 aliphatic rings. The van der Waals surface area contributed by atoms with Crippen LogP contribution in [-0.4, -0.2) is 13.2 Å². The first-order valence-corrected chi connectivity index (χ1v) is 10.8. The molecule has 26 heavy (non-hydrogen) atoms. The number of nitrogens with one attached hydrogen (secondary N) is 1. The quantitative estimate of drug-likeness (QED) is 0.439. The van der Waals surface area contributed by atoms with Crippen molar-refractivity contribution in [2.24, 2.45) is 0 Å². The third kappa shape index (κ3) is 11.4. The van der Waals surface area contributed by atoms with Crippen LogP contribution in [0.3, 0.4) is 0 Å². The molecule has 10 heteroatoms. The molecular weight excluding hydrogens is 380 g/mol. The van der Waals surface area contributed by atoms with Crippen molar-refractivity contribution in [3.05, 3.63) is 53.6 Å². The van der Waals surface area contributed by atoms with Crippen LogP contribution in [-0.2, 0) is 18.0 Å². The second-order valence-electron chi connectivity index (χ2n) is 5.63. The summed E-state index contributed by atoms with van der Waals surface area (Å²) in [5, 5.41) is 3.30. The molecule has 0 saturated carbocycles. The van der Waals surface area contributed by atoms with E-state index in [-0.39, 0.29) is 0 Å². The van der Waals surface area contributed by atoms with E-state index in [1.165, 1.54) is 6.08 Å². The molecule has 8 nitrogen and oxygen atoms in total. The van der Waals surface area contributed by atoms with Crippen molar-refractivity contribution in [2.45, 2.75) is 26.7 Å². The maximum atomic E-state index is 11.1.